The molecule has 0 bridgehead atoms. The smallest absolute Gasteiger partial charge is 0.205 e. The van der Waals surface area contributed by atoms with Crippen LogP contribution in [0.5, 0.6) is 11.5 Å². The van der Waals surface area contributed by atoms with Crippen LogP contribution in [0.1, 0.15) is 0 Å². The lowest BCUT2D eigenvalue weighted by Gasteiger charge is -2.34. The number of hydrogen-bond donors (Lipinski definition) is 0. The molecule has 1 aliphatic carbocycles. The van der Waals surface area contributed by atoms with Crippen molar-refractivity contribution >= 4 is 27.2 Å². The maximum atomic E-state index is 5.78. The molecule has 0 N–H and O–H groups in total. The van der Waals surface area contributed by atoms with E-state index in [2.05, 4.69) is 57.6 Å². The molecule has 1 aromatic rings. The topological polar surface area (TPSA) is 44.1 Å². The molecule has 0 unspecified atom stereocenters. The summed E-state index contributed by atoms with van der Waals surface area (Å²) in [6.45, 7) is 8.40. The van der Waals surface area contributed by atoms with E-state index in [0.717, 1.165) is 84.6 Å². The summed E-state index contributed by atoms with van der Waals surface area (Å²) in [5.74, 6) is 1.64. The highest BCUT2D eigenvalue weighted by Crippen LogP contribution is 2.40. The molecule has 0 atom stereocenters. The number of piperazine rings is 2. The highest BCUT2D eigenvalue weighted by molar-refractivity contribution is 7.21. The van der Waals surface area contributed by atoms with Gasteiger partial charge in [0.15, 0.2) is 18.8 Å². The molecular formula is C24H32N5O2S+. The molecule has 170 valence electrons. The quantitative estimate of drug-likeness (QED) is 0.445. The fourth-order valence-corrected chi connectivity index (χ4v) is 5.63. The average molecular weight is 455 g/mol. The largest absolute Gasteiger partial charge is 0.494 e. The molecule has 0 spiro atoms. The normalized spacial score (nSPS) is 18.5. The minimum absolute atomic E-state index is 0.819. The zero-order valence-electron chi connectivity index (χ0n) is 19.4. The molecular weight excluding hydrogens is 422 g/mol. The number of nitrogens with zero attached hydrogens (tertiary/aromatic N) is 5. The zero-order chi connectivity index (χ0) is 22.2. The van der Waals surface area contributed by atoms with E-state index in [4.69, 9.17) is 14.5 Å². The van der Waals surface area contributed by atoms with Gasteiger partial charge in [0.25, 0.3) is 0 Å². The van der Waals surface area contributed by atoms with Gasteiger partial charge in [0.2, 0.25) is 5.36 Å². The number of hydrogen-bond acceptors (Lipinski definition) is 7. The van der Waals surface area contributed by atoms with Gasteiger partial charge in [-0.2, -0.15) is 0 Å². The van der Waals surface area contributed by atoms with Crippen LogP contribution >= 0.6 is 11.3 Å². The van der Waals surface area contributed by atoms with Gasteiger partial charge in [0.1, 0.15) is 17.0 Å². The molecule has 0 aromatic heterocycles. The summed E-state index contributed by atoms with van der Waals surface area (Å²) in [5.41, 5.74) is 3.00. The Labute approximate surface area is 193 Å². The third kappa shape index (κ3) is 4.02. The number of methoxy groups -OCH3 is 2. The Bertz CT molecular complexity index is 1160. The molecule has 3 heterocycles. The van der Waals surface area contributed by atoms with Crippen molar-refractivity contribution in [2.45, 2.75) is 0 Å². The SMILES string of the molecule is COc1cc(=[N+]2CCN(C)CC2)cc2sc3cc(N4CCN(C)CC4)cc(OC)c3nc1-2. The lowest BCUT2D eigenvalue weighted by atomic mass is 10.2. The van der Waals surface area contributed by atoms with E-state index >= 15 is 0 Å². The van der Waals surface area contributed by atoms with Gasteiger partial charge in [0, 0.05) is 44.0 Å². The molecule has 5 rings (SSSR count). The van der Waals surface area contributed by atoms with Crippen LogP contribution in [0, 0.1) is 0 Å². The third-order valence-corrected chi connectivity index (χ3v) is 7.73. The summed E-state index contributed by atoms with van der Waals surface area (Å²) in [5, 5.41) is 1.21. The fraction of sp³-hybridized carbons (Fsp3) is 0.500. The first-order valence-electron chi connectivity index (χ1n) is 11.3. The predicted molar refractivity (Wildman–Crippen MR) is 132 cm³/mol. The Hall–Kier alpha value is -2.42. The van der Waals surface area contributed by atoms with Crippen LogP contribution in [0.15, 0.2) is 24.3 Å². The summed E-state index contributed by atoms with van der Waals surface area (Å²) >= 11 is 1.77. The van der Waals surface area contributed by atoms with Crippen molar-refractivity contribution < 1.29 is 9.47 Å². The van der Waals surface area contributed by atoms with Gasteiger partial charge in [-0.25, -0.2) is 9.56 Å². The van der Waals surface area contributed by atoms with E-state index in [1.807, 2.05) is 0 Å². The molecule has 2 fully saturated rings. The van der Waals surface area contributed by atoms with E-state index in [1.54, 1.807) is 25.6 Å². The maximum absolute atomic E-state index is 5.78. The van der Waals surface area contributed by atoms with Gasteiger partial charge in [-0.3, -0.25) is 4.90 Å². The van der Waals surface area contributed by atoms with Crippen molar-refractivity contribution in [1.82, 2.24) is 19.4 Å². The van der Waals surface area contributed by atoms with Crippen LogP contribution < -0.4 is 24.3 Å². The second-order valence-electron chi connectivity index (χ2n) is 8.78. The predicted octanol–water partition coefficient (Wildman–Crippen LogP) is 1.89. The fourth-order valence-electron chi connectivity index (χ4n) is 4.55. The molecule has 32 heavy (non-hydrogen) atoms. The Morgan fingerprint density at radius 3 is 2.22 bits per heavy atom. The lowest BCUT2D eigenvalue weighted by Crippen LogP contribution is -2.46. The van der Waals surface area contributed by atoms with Crippen molar-refractivity contribution in [1.29, 1.82) is 0 Å². The van der Waals surface area contributed by atoms with Crippen molar-refractivity contribution in [2.24, 2.45) is 0 Å². The molecule has 0 amide bonds. The van der Waals surface area contributed by atoms with E-state index in [0.29, 0.717) is 0 Å². The molecule has 8 heteroatoms. The molecule has 0 radical (unpaired) electrons. The Morgan fingerprint density at radius 2 is 1.53 bits per heavy atom. The number of likely N-dealkylation sites (N-methyl/N-ethyl adjacent to an activating group) is 2. The number of fused-ring (bicyclic) bond motifs is 2. The Kier molecular flexibility index (Phi) is 5.92. The van der Waals surface area contributed by atoms with Gasteiger partial charge in [-0.05, 0) is 20.2 Å². The number of anilines is 1. The lowest BCUT2D eigenvalue weighted by molar-refractivity contribution is 0.267. The minimum Gasteiger partial charge on any atom is -0.494 e. The molecule has 2 saturated heterocycles. The number of aromatic nitrogens is 1. The monoisotopic (exact) mass is 454 g/mol. The second-order valence-corrected chi connectivity index (χ2v) is 9.87. The number of ether oxygens (including phenoxy) is 2. The molecule has 7 nitrogen and oxygen atoms in total. The summed E-state index contributed by atoms with van der Waals surface area (Å²) in [6, 6.07) is 8.80. The van der Waals surface area contributed by atoms with Crippen LogP contribution in [-0.2, 0) is 0 Å². The van der Waals surface area contributed by atoms with Crippen LogP contribution in [0.3, 0.4) is 0 Å². The van der Waals surface area contributed by atoms with Gasteiger partial charge in [-0.1, -0.05) is 0 Å². The van der Waals surface area contributed by atoms with E-state index in [1.165, 1.54) is 11.0 Å². The van der Waals surface area contributed by atoms with Crippen molar-refractivity contribution in [3.05, 3.63) is 29.6 Å². The molecule has 4 aliphatic rings. The summed E-state index contributed by atoms with van der Waals surface area (Å²) in [7, 11) is 7.82. The van der Waals surface area contributed by atoms with Crippen molar-refractivity contribution in [2.75, 3.05) is 85.6 Å². The first kappa shape index (κ1) is 21.4. The van der Waals surface area contributed by atoms with Crippen LogP contribution in [0.4, 0.5) is 5.69 Å². The Morgan fingerprint density at radius 1 is 0.844 bits per heavy atom. The average Bonchev–Trinajstić information content (AvgIpc) is 2.82. The molecule has 3 aliphatic heterocycles. The highest BCUT2D eigenvalue weighted by Gasteiger charge is 2.22. The first-order valence-corrected chi connectivity index (χ1v) is 12.1. The van der Waals surface area contributed by atoms with Crippen LogP contribution in [0.2, 0.25) is 0 Å². The molecule has 1 aromatic carbocycles. The van der Waals surface area contributed by atoms with E-state index in [9.17, 15) is 0 Å². The number of rotatable bonds is 3. The van der Waals surface area contributed by atoms with Gasteiger partial charge < -0.3 is 19.3 Å². The van der Waals surface area contributed by atoms with Crippen LogP contribution in [0.25, 0.3) is 20.8 Å². The maximum Gasteiger partial charge on any atom is 0.205 e. The Balaban J connectivity index is 1.66. The first-order chi connectivity index (χ1) is 15.6. The van der Waals surface area contributed by atoms with Crippen molar-refractivity contribution in [3.63, 3.8) is 0 Å². The molecule has 0 saturated carbocycles. The second kappa shape index (κ2) is 8.84. The van der Waals surface area contributed by atoms with Gasteiger partial charge in [0.05, 0.1) is 43.0 Å². The van der Waals surface area contributed by atoms with Gasteiger partial charge in [-0.15, -0.1) is 11.3 Å². The standard InChI is InChI=1S/C24H32N5O2S/c1-26-5-9-28(10-6-26)17-13-19(30-3)23-21(15-17)32-22-16-18(14-20(31-4)24(22)25-23)29-11-7-27(2)8-12-29/h13-16H,5-12H2,1-4H3/q+1. The van der Waals surface area contributed by atoms with Crippen LogP contribution in [-0.4, -0.2) is 95.5 Å². The third-order valence-electron chi connectivity index (χ3n) is 6.67. The van der Waals surface area contributed by atoms with E-state index in [-0.39, 0.29) is 0 Å². The highest BCUT2D eigenvalue weighted by atomic mass is 32.1. The summed E-state index contributed by atoms with van der Waals surface area (Å²) < 4.78 is 15.2. The summed E-state index contributed by atoms with van der Waals surface area (Å²) in [4.78, 5) is 13.4. The van der Waals surface area contributed by atoms with Crippen molar-refractivity contribution in [3.8, 4) is 22.1 Å². The van der Waals surface area contributed by atoms with E-state index < -0.39 is 0 Å². The number of benzene rings is 2. The summed E-state index contributed by atoms with van der Waals surface area (Å²) in [6.07, 6.45) is 0. The van der Waals surface area contributed by atoms with Gasteiger partial charge >= 0.3 is 0 Å². The minimum atomic E-state index is 0.819. The zero-order valence-corrected chi connectivity index (χ0v) is 20.2.